The van der Waals surface area contributed by atoms with Gasteiger partial charge >= 0.3 is 11.9 Å². The smallest absolute Gasteiger partial charge is 0.332 e. The largest absolute Gasteiger partial charge is 0.479 e. The second-order valence-electron chi connectivity index (χ2n) is 9.33. The van der Waals surface area contributed by atoms with Gasteiger partial charge in [-0.1, -0.05) is 13.3 Å². The number of unbranched alkanes of at least 4 members (excludes halogenated alkanes) is 1. The number of rotatable bonds is 16. The molecule has 1 aliphatic heterocycles. The van der Waals surface area contributed by atoms with E-state index in [1.54, 1.807) is 0 Å². The number of nitrogens with zero attached hydrogens (tertiary/aromatic N) is 1. The van der Waals surface area contributed by atoms with Crippen LogP contribution in [0.2, 0.25) is 0 Å². The van der Waals surface area contributed by atoms with Crippen LogP contribution in [0.4, 0.5) is 0 Å². The summed E-state index contributed by atoms with van der Waals surface area (Å²) < 4.78 is 25.2. The van der Waals surface area contributed by atoms with E-state index in [2.05, 4.69) is 5.32 Å². The highest BCUT2D eigenvalue weighted by Crippen LogP contribution is 2.27. The van der Waals surface area contributed by atoms with Crippen LogP contribution in [0, 0.1) is 0 Å². The molecule has 1 aliphatic rings. The molecule has 0 bridgehead atoms. The third kappa shape index (κ3) is 10.3. The number of ether oxygens (including phenoxy) is 3. The van der Waals surface area contributed by atoms with Crippen molar-refractivity contribution in [2.75, 3.05) is 20.3 Å². The first-order valence-corrected chi connectivity index (χ1v) is 12.7. The third-order valence-electron chi connectivity index (χ3n) is 6.31. The van der Waals surface area contributed by atoms with Gasteiger partial charge in [-0.05, 0) is 19.8 Å². The molecule has 1 heterocycles. The van der Waals surface area contributed by atoms with E-state index in [9.17, 15) is 39.3 Å². The van der Waals surface area contributed by atoms with Gasteiger partial charge in [0.2, 0.25) is 17.7 Å². The summed E-state index contributed by atoms with van der Waals surface area (Å²) in [6.45, 7) is 3.51. The van der Waals surface area contributed by atoms with Crippen LogP contribution in [0.5, 0.6) is 0 Å². The number of nitrogens with one attached hydrogen (secondary N) is 1. The topological polar surface area (TPSA) is 241 Å². The lowest BCUT2D eigenvalue weighted by atomic mass is 9.89. The van der Waals surface area contributed by atoms with E-state index in [0.717, 1.165) is 18.2 Å². The zero-order valence-electron chi connectivity index (χ0n) is 23.7. The second-order valence-corrected chi connectivity index (χ2v) is 9.33. The molecule has 8 atom stereocenters. The van der Waals surface area contributed by atoms with Crippen molar-refractivity contribution in [2.45, 2.75) is 101 Å². The fourth-order valence-electron chi connectivity index (χ4n) is 3.80. The van der Waals surface area contributed by atoms with Gasteiger partial charge in [0, 0.05) is 26.8 Å². The predicted octanol–water partition coefficient (Wildman–Crippen LogP) is -2.38. The molecule has 0 spiro atoms. The molecule has 1 unspecified atom stereocenters. The zero-order valence-corrected chi connectivity index (χ0v) is 22.7. The Labute approximate surface area is 228 Å². The first-order valence-electron chi connectivity index (χ1n) is 13.2. The van der Waals surface area contributed by atoms with Crippen molar-refractivity contribution in [2.24, 2.45) is 11.5 Å². The molecule has 1 saturated heterocycles. The fourth-order valence-corrected chi connectivity index (χ4v) is 3.80. The molecule has 1 fully saturated rings. The highest BCUT2D eigenvalue weighted by Gasteiger charge is 2.47. The van der Waals surface area contributed by atoms with Gasteiger partial charge < -0.3 is 51.2 Å². The highest BCUT2D eigenvalue weighted by atomic mass is 16.6. The van der Waals surface area contributed by atoms with Gasteiger partial charge in [0.1, 0.15) is 30.4 Å². The number of nitrogens with two attached hydrogens (primary N) is 2. The lowest BCUT2D eigenvalue weighted by molar-refractivity contribution is -0.217. The number of aliphatic carboxylic acids is 1. The van der Waals surface area contributed by atoms with E-state index in [-0.39, 0.29) is 19.4 Å². The van der Waals surface area contributed by atoms with E-state index >= 15 is 0 Å². The molecule has 0 aromatic heterocycles. The van der Waals surface area contributed by atoms with Crippen molar-refractivity contribution >= 4 is 29.7 Å². The number of likely N-dealkylation sites (N-methyl/N-ethyl adjacent to an activating group) is 1. The Hall–Kier alpha value is -2.85. The maximum absolute atomic E-state index is 13.5. The van der Waals surface area contributed by atoms with Gasteiger partial charge in [-0.25, -0.2) is 9.59 Å². The van der Waals surface area contributed by atoms with Gasteiger partial charge in [-0.3, -0.25) is 14.4 Å². The van der Waals surface area contributed by atoms with Gasteiger partial charge in [-0.15, -0.1) is 0 Å². The van der Waals surface area contributed by atoms with Crippen LogP contribution in [0.25, 0.3) is 0 Å². The third-order valence-corrected chi connectivity index (χ3v) is 6.31. The van der Waals surface area contributed by atoms with Crippen LogP contribution in [-0.4, -0.2) is 119 Å². The van der Waals surface area contributed by atoms with Crippen LogP contribution < -0.4 is 16.8 Å². The zero-order chi connectivity index (χ0) is 30.8. The molecule has 39 heavy (non-hydrogen) atoms. The molecule has 0 radical (unpaired) electrons. The van der Waals surface area contributed by atoms with Crippen LogP contribution in [0.1, 0.15) is 54.2 Å². The molecule has 15 heteroatoms. The Bertz CT molecular complexity index is 910. The first kappa shape index (κ1) is 32.4. The summed E-state index contributed by atoms with van der Waals surface area (Å²) in [6, 6.07) is -5.14. The normalized spacial score (nSPS) is 26.3. The standard InChI is InChI=1S/C24H42N4O11/c1-5-6-9-37-24(36)14(7-8-18(25)31)27-22(33)15(28(4)13(3)30)10-16-19(26)21(38-12(2)23(34)35)20(32)17(11-29)39-16/h12,14-17,19-21,29,32H,5-11,26H2,1-4H3,(H2,25,31)(H,27,33)(H,34,35)/t12-,14+,15+,16?,17-,19+,20-,21-/m1/s1/i15D. The summed E-state index contributed by atoms with van der Waals surface area (Å²) in [7, 11) is 1.17. The average Bonchev–Trinajstić information content (AvgIpc) is 2.89. The summed E-state index contributed by atoms with van der Waals surface area (Å²) >= 11 is 0. The fraction of sp³-hybridized carbons (Fsp3) is 0.792. The lowest BCUT2D eigenvalue weighted by Crippen LogP contribution is -2.65. The molecule has 0 aliphatic carbocycles. The number of primary amides is 1. The number of aliphatic hydroxyl groups is 2. The minimum absolute atomic E-state index is 0.0590. The van der Waals surface area contributed by atoms with Gasteiger partial charge in [0.25, 0.3) is 0 Å². The van der Waals surface area contributed by atoms with Crippen molar-refractivity contribution < 1.29 is 54.9 Å². The molecule has 0 saturated carbocycles. The SMILES string of the molecule is [2H][C@](CC1O[C@H](CO)[C@@H](O)[C@H](O[C@H](C)C(=O)O)[C@H]1N)(C(=O)N[C@@H](CCC(N)=O)C(=O)OCCCC)N(C)C(C)=O. The highest BCUT2D eigenvalue weighted by molar-refractivity contribution is 5.90. The number of aliphatic hydroxyl groups excluding tert-OH is 2. The second kappa shape index (κ2) is 16.3. The van der Waals surface area contributed by atoms with Crippen LogP contribution in [-0.2, 0) is 38.2 Å². The summed E-state index contributed by atoms with van der Waals surface area (Å²) in [6.07, 6.45) is -6.82. The number of carboxylic acid groups (broad SMARTS) is 1. The van der Waals surface area contributed by atoms with Crippen molar-refractivity contribution in [3.8, 4) is 0 Å². The summed E-state index contributed by atoms with van der Waals surface area (Å²) in [5.41, 5.74) is 11.4. The summed E-state index contributed by atoms with van der Waals surface area (Å²) in [5.74, 6) is -4.79. The minimum Gasteiger partial charge on any atom is -0.479 e. The predicted molar refractivity (Wildman–Crippen MR) is 135 cm³/mol. The van der Waals surface area contributed by atoms with Gasteiger partial charge in [0.05, 0.1) is 26.7 Å². The molecule has 8 N–H and O–H groups in total. The molecular formula is C24H42N4O11. The maximum Gasteiger partial charge on any atom is 0.332 e. The molecule has 224 valence electrons. The number of hydrogen-bond acceptors (Lipinski definition) is 11. The molecule has 0 aromatic rings. The monoisotopic (exact) mass is 563 g/mol. The van der Waals surface area contributed by atoms with Gasteiger partial charge in [-0.2, -0.15) is 0 Å². The van der Waals surface area contributed by atoms with Crippen molar-refractivity contribution in [1.29, 1.82) is 0 Å². The Morgan fingerprint density at radius 3 is 2.38 bits per heavy atom. The van der Waals surface area contributed by atoms with E-state index in [1.807, 2.05) is 6.92 Å². The number of hydrogen-bond donors (Lipinski definition) is 6. The molecule has 15 nitrogen and oxygen atoms in total. The van der Waals surface area contributed by atoms with Crippen molar-refractivity contribution in [1.82, 2.24) is 10.2 Å². The van der Waals surface area contributed by atoms with Crippen LogP contribution in [0.3, 0.4) is 0 Å². The molecule has 3 amide bonds. The number of carboxylic acids is 1. The quantitative estimate of drug-likeness (QED) is 0.0852. The Kier molecular flexibility index (Phi) is 13.5. The summed E-state index contributed by atoms with van der Waals surface area (Å²) in [4.78, 5) is 61.9. The van der Waals surface area contributed by atoms with E-state index in [0.29, 0.717) is 6.42 Å². The van der Waals surface area contributed by atoms with E-state index in [1.165, 1.54) is 14.0 Å². The molecule has 1 rings (SSSR count). The Morgan fingerprint density at radius 1 is 1.23 bits per heavy atom. The maximum atomic E-state index is 13.5. The number of carbonyl (C=O) groups is 5. The van der Waals surface area contributed by atoms with Gasteiger partial charge in [0.15, 0.2) is 6.10 Å². The van der Waals surface area contributed by atoms with E-state index in [4.69, 9.17) is 27.0 Å². The number of carbonyl (C=O) groups excluding carboxylic acids is 4. The van der Waals surface area contributed by atoms with Crippen molar-refractivity contribution in [3.63, 3.8) is 0 Å². The lowest BCUT2D eigenvalue weighted by Gasteiger charge is -2.44. The number of esters is 1. The number of amides is 3. The van der Waals surface area contributed by atoms with Crippen LogP contribution >= 0.6 is 0 Å². The van der Waals surface area contributed by atoms with Crippen molar-refractivity contribution in [3.05, 3.63) is 0 Å². The minimum atomic E-state index is -2.46. The molecule has 0 aromatic carbocycles. The molecular weight excluding hydrogens is 520 g/mol. The van der Waals surface area contributed by atoms with E-state index < -0.39 is 91.3 Å². The first-order chi connectivity index (χ1) is 18.6. The summed E-state index contributed by atoms with van der Waals surface area (Å²) in [5, 5.41) is 31.9. The Balaban J connectivity index is 3.33. The Morgan fingerprint density at radius 2 is 1.87 bits per heavy atom. The van der Waals surface area contributed by atoms with Crippen LogP contribution in [0.15, 0.2) is 0 Å². The average molecular weight is 564 g/mol.